The highest BCUT2D eigenvalue weighted by molar-refractivity contribution is 5.98. The molecular formula is C13H16O4. The number of hydrogen-bond donors (Lipinski definition) is 1. The van der Waals surface area contributed by atoms with Gasteiger partial charge in [0.05, 0.1) is 6.10 Å². The number of ether oxygens (including phenoxy) is 2. The Morgan fingerprint density at radius 1 is 1.29 bits per heavy atom. The van der Waals surface area contributed by atoms with Crippen LogP contribution in [0.2, 0.25) is 0 Å². The minimum Gasteiger partial charge on any atom is -0.381 e. The van der Waals surface area contributed by atoms with Gasteiger partial charge < -0.3 is 14.6 Å². The fraction of sp³-hybridized carbons (Fsp3) is 0.462. The molecule has 0 spiro atoms. The fourth-order valence-corrected chi connectivity index (χ4v) is 1.80. The lowest BCUT2D eigenvalue weighted by Crippen LogP contribution is -2.32. The minimum absolute atomic E-state index is 0.0913. The zero-order valence-corrected chi connectivity index (χ0v) is 9.54. The number of aliphatic hydroxyl groups is 1. The summed E-state index contributed by atoms with van der Waals surface area (Å²) < 4.78 is 10.5. The van der Waals surface area contributed by atoms with Crippen molar-refractivity contribution in [3.05, 3.63) is 35.9 Å². The van der Waals surface area contributed by atoms with Crippen LogP contribution in [-0.2, 0) is 9.47 Å². The second kappa shape index (κ2) is 5.91. The number of ketones is 1. The Hall–Kier alpha value is -1.23. The van der Waals surface area contributed by atoms with Crippen LogP contribution in [-0.4, -0.2) is 36.5 Å². The van der Waals surface area contributed by atoms with E-state index in [0.29, 0.717) is 18.8 Å². The molecule has 2 rings (SSSR count). The van der Waals surface area contributed by atoms with E-state index in [-0.39, 0.29) is 6.10 Å². The van der Waals surface area contributed by atoms with Crippen molar-refractivity contribution in [2.75, 3.05) is 13.2 Å². The molecular weight excluding hydrogens is 220 g/mol. The highest BCUT2D eigenvalue weighted by atomic mass is 16.6. The van der Waals surface area contributed by atoms with Crippen LogP contribution in [0.3, 0.4) is 0 Å². The quantitative estimate of drug-likeness (QED) is 0.634. The molecule has 0 saturated carbocycles. The maximum atomic E-state index is 11.8. The van der Waals surface area contributed by atoms with Crippen molar-refractivity contribution < 1.29 is 19.4 Å². The van der Waals surface area contributed by atoms with E-state index >= 15 is 0 Å². The summed E-state index contributed by atoms with van der Waals surface area (Å²) in [5.41, 5.74) is 0.465. The molecule has 1 unspecified atom stereocenters. The van der Waals surface area contributed by atoms with Crippen LogP contribution in [0.15, 0.2) is 30.3 Å². The van der Waals surface area contributed by atoms with E-state index < -0.39 is 12.1 Å². The van der Waals surface area contributed by atoms with Gasteiger partial charge in [-0.05, 0) is 12.8 Å². The van der Waals surface area contributed by atoms with Gasteiger partial charge in [-0.3, -0.25) is 4.79 Å². The molecule has 0 bridgehead atoms. The Kier molecular flexibility index (Phi) is 4.25. The zero-order chi connectivity index (χ0) is 12.1. The van der Waals surface area contributed by atoms with Gasteiger partial charge in [0.25, 0.3) is 0 Å². The lowest BCUT2D eigenvalue weighted by molar-refractivity contribution is -0.132. The first kappa shape index (κ1) is 12.2. The van der Waals surface area contributed by atoms with Gasteiger partial charge in [0.1, 0.15) is 0 Å². The molecule has 1 aromatic carbocycles. The van der Waals surface area contributed by atoms with Gasteiger partial charge in [-0.2, -0.15) is 0 Å². The van der Waals surface area contributed by atoms with Gasteiger partial charge in [-0.15, -0.1) is 0 Å². The third kappa shape index (κ3) is 3.36. The standard InChI is InChI=1S/C13H16O4/c14-12(10-4-2-1-3-5-10)13(15)17-11-6-8-16-9-7-11/h1-5,11,13,15H,6-9H2. The summed E-state index contributed by atoms with van der Waals surface area (Å²) in [6, 6.07) is 8.67. The molecule has 1 fully saturated rings. The first-order chi connectivity index (χ1) is 8.27. The second-order valence-electron chi connectivity index (χ2n) is 4.03. The number of benzene rings is 1. The summed E-state index contributed by atoms with van der Waals surface area (Å²) in [7, 11) is 0. The van der Waals surface area contributed by atoms with E-state index in [2.05, 4.69) is 0 Å². The van der Waals surface area contributed by atoms with Crippen LogP contribution >= 0.6 is 0 Å². The van der Waals surface area contributed by atoms with Crippen LogP contribution in [0.25, 0.3) is 0 Å². The van der Waals surface area contributed by atoms with Crippen molar-refractivity contribution in [3.63, 3.8) is 0 Å². The number of Topliss-reactive ketones (excluding diaryl/α,β-unsaturated/α-hetero) is 1. The monoisotopic (exact) mass is 236 g/mol. The summed E-state index contributed by atoms with van der Waals surface area (Å²) >= 11 is 0. The molecule has 4 nitrogen and oxygen atoms in total. The number of aliphatic hydroxyl groups excluding tert-OH is 1. The zero-order valence-electron chi connectivity index (χ0n) is 9.54. The molecule has 1 N–H and O–H groups in total. The molecule has 1 aliphatic rings. The normalized spacial score (nSPS) is 18.9. The average Bonchev–Trinajstić information content (AvgIpc) is 2.40. The smallest absolute Gasteiger partial charge is 0.220 e. The number of carbonyl (C=O) groups excluding carboxylic acids is 1. The molecule has 0 radical (unpaired) electrons. The van der Waals surface area contributed by atoms with Crippen molar-refractivity contribution in [2.45, 2.75) is 25.2 Å². The van der Waals surface area contributed by atoms with Crippen molar-refractivity contribution in [1.82, 2.24) is 0 Å². The van der Waals surface area contributed by atoms with Gasteiger partial charge in [0, 0.05) is 18.8 Å². The second-order valence-corrected chi connectivity index (χ2v) is 4.03. The minimum atomic E-state index is -1.37. The average molecular weight is 236 g/mol. The number of hydrogen-bond acceptors (Lipinski definition) is 4. The van der Waals surface area contributed by atoms with E-state index in [1.165, 1.54) is 0 Å². The van der Waals surface area contributed by atoms with Gasteiger partial charge in [0.15, 0.2) is 0 Å². The Morgan fingerprint density at radius 3 is 2.59 bits per heavy atom. The van der Waals surface area contributed by atoms with Crippen LogP contribution in [0.1, 0.15) is 23.2 Å². The van der Waals surface area contributed by atoms with Crippen molar-refractivity contribution >= 4 is 5.78 Å². The van der Waals surface area contributed by atoms with Crippen molar-refractivity contribution in [1.29, 1.82) is 0 Å². The summed E-state index contributed by atoms with van der Waals surface area (Å²) in [5, 5.41) is 9.71. The summed E-state index contributed by atoms with van der Waals surface area (Å²) in [5.74, 6) is -0.392. The molecule has 0 aromatic heterocycles. The molecule has 1 aliphatic heterocycles. The lowest BCUT2D eigenvalue weighted by atomic mass is 10.1. The SMILES string of the molecule is O=C(c1ccccc1)C(O)OC1CCOCC1. The molecule has 1 saturated heterocycles. The van der Waals surface area contributed by atoms with Crippen molar-refractivity contribution in [2.24, 2.45) is 0 Å². The summed E-state index contributed by atoms with van der Waals surface area (Å²) in [6.45, 7) is 1.24. The number of rotatable bonds is 4. The third-order valence-electron chi connectivity index (χ3n) is 2.77. The van der Waals surface area contributed by atoms with E-state index in [4.69, 9.17) is 9.47 Å². The van der Waals surface area contributed by atoms with Gasteiger partial charge in [0.2, 0.25) is 12.1 Å². The highest BCUT2D eigenvalue weighted by Crippen LogP contribution is 2.14. The van der Waals surface area contributed by atoms with E-state index in [1.807, 2.05) is 6.07 Å². The Balaban J connectivity index is 1.91. The molecule has 1 aromatic rings. The fourth-order valence-electron chi connectivity index (χ4n) is 1.80. The Morgan fingerprint density at radius 2 is 1.94 bits per heavy atom. The Labute approximate surface area is 100 Å². The largest absolute Gasteiger partial charge is 0.381 e. The van der Waals surface area contributed by atoms with Gasteiger partial charge in [-0.25, -0.2) is 0 Å². The molecule has 92 valence electrons. The first-order valence-electron chi connectivity index (χ1n) is 5.78. The molecule has 4 heteroatoms. The third-order valence-corrected chi connectivity index (χ3v) is 2.77. The predicted octanol–water partition coefficient (Wildman–Crippen LogP) is 1.38. The van der Waals surface area contributed by atoms with Crippen LogP contribution in [0, 0.1) is 0 Å². The molecule has 0 aliphatic carbocycles. The van der Waals surface area contributed by atoms with E-state index in [0.717, 1.165) is 12.8 Å². The maximum absolute atomic E-state index is 11.8. The summed E-state index contributed by atoms with van der Waals surface area (Å²) in [4.78, 5) is 11.8. The highest BCUT2D eigenvalue weighted by Gasteiger charge is 2.23. The van der Waals surface area contributed by atoms with Crippen LogP contribution < -0.4 is 0 Å². The summed E-state index contributed by atoms with van der Waals surface area (Å²) in [6.07, 6.45) is -0.0231. The molecule has 0 amide bonds. The van der Waals surface area contributed by atoms with Crippen molar-refractivity contribution in [3.8, 4) is 0 Å². The van der Waals surface area contributed by atoms with Gasteiger partial charge >= 0.3 is 0 Å². The molecule has 17 heavy (non-hydrogen) atoms. The van der Waals surface area contributed by atoms with Crippen LogP contribution in [0.5, 0.6) is 0 Å². The maximum Gasteiger partial charge on any atom is 0.220 e. The van der Waals surface area contributed by atoms with Gasteiger partial charge in [-0.1, -0.05) is 30.3 Å². The van der Waals surface area contributed by atoms with Crippen LogP contribution in [0.4, 0.5) is 0 Å². The van der Waals surface area contributed by atoms with E-state index in [1.54, 1.807) is 24.3 Å². The molecule has 1 heterocycles. The number of carbonyl (C=O) groups is 1. The topological polar surface area (TPSA) is 55.8 Å². The lowest BCUT2D eigenvalue weighted by Gasteiger charge is -2.24. The first-order valence-corrected chi connectivity index (χ1v) is 5.78. The Bertz CT molecular complexity index is 357. The molecule has 1 atom stereocenters. The predicted molar refractivity (Wildman–Crippen MR) is 61.7 cm³/mol. The van der Waals surface area contributed by atoms with E-state index in [9.17, 15) is 9.90 Å².